The van der Waals surface area contributed by atoms with Gasteiger partial charge in [0.1, 0.15) is 23.0 Å². The number of hydrogen-bond acceptors (Lipinski definition) is 8. The number of benzene rings is 4. The van der Waals surface area contributed by atoms with Crippen LogP contribution in [0.3, 0.4) is 0 Å². The molecule has 4 aromatic carbocycles. The zero-order valence-corrected chi connectivity index (χ0v) is 25.8. The Morgan fingerprint density at radius 3 is 1.96 bits per heavy atom. The summed E-state index contributed by atoms with van der Waals surface area (Å²) in [5.41, 5.74) is 3.62. The van der Waals surface area contributed by atoms with Crippen LogP contribution >= 0.6 is 0 Å². The van der Waals surface area contributed by atoms with Crippen molar-refractivity contribution in [2.24, 2.45) is 0 Å². The average Bonchev–Trinajstić information content (AvgIpc) is 3.52. The van der Waals surface area contributed by atoms with Crippen LogP contribution in [0.5, 0.6) is 17.2 Å². The summed E-state index contributed by atoms with van der Waals surface area (Å²) in [6.07, 6.45) is 4.92. The Balaban J connectivity index is 1.36. The third kappa shape index (κ3) is 3.31. The highest BCUT2D eigenvalue weighted by Crippen LogP contribution is 2.62. The first-order chi connectivity index (χ1) is 22.2. The lowest BCUT2D eigenvalue weighted by molar-refractivity contribution is 0.0188. The van der Waals surface area contributed by atoms with Crippen molar-refractivity contribution in [2.75, 3.05) is 33.1 Å². The molecule has 0 N–H and O–H groups in total. The van der Waals surface area contributed by atoms with Crippen LogP contribution in [0.25, 0.3) is 0 Å². The van der Waals surface area contributed by atoms with E-state index in [4.69, 9.17) is 18.9 Å². The maximum absolute atomic E-state index is 13.6. The zero-order chi connectivity index (χ0) is 31.5. The molecule has 0 aromatic heterocycles. The number of likely N-dealkylation sites (N-methyl/N-ethyl adjacent to an activating group) is 1. The number of hydrogen-bond donors (Lipinski definition) is 0. The standard InChI is InChI=1S/C38H30N2O6/c1-39(2)21-13-15-27-31(17-21)43-33-20-34-30(19-29(33)37(27)25-11-7-5-9-23(25)35(41)45-37)38(26-12-8-6-10-24(26)36(42)46-38)28-16-14-22(40(3)4)18-32(28)44-34/h5-13,15-20,22H,14H2,1-4H3/t22?,37-,38+/m1/s1. The summed E-state index contributed by atoms with van der Waals surface area (Å²) >= 11 is 0. The Morgan fingerprint density at radius 1 is 0.652 bits per heavy atom. The normalized spacial score (nSPS) is 24.3. The molecular weight excluding hydrogens is 580 g/mol. The predicted molar refractivity (Wildman–Crippen MR) is 171 cm³/mol. The monoisotopic (exact) mass is 610 g/mol. The van der Waals surface area contributed by atoms with Crippen LogP contribution in [0, 0.1) is 0 Å². The van der Waals surface area contributed by atoms with Crippen LogP contribution in [0.2, 0.25) is 0 Å². The number of fused-ring (bicyclic) bond motifs is 12. The first-order valence-corrected chi connectivity index (χ1v) is 15.3. The second kappa shape index (κ2) is 9.11. The van der Waals surface area contributed by atoms with Crippen LogP contribution in [-0.4, -0.2) is 51.1 Å². The third-order valence-electron chi connectivity index (χ3n) is 9.90. The number of carbonyl (C=O) groups excluding carboxylic acids is 2. The van der Waals surface area contributed by atoms with Crippen LogP contribution < -0.4 is 14.4 Å². The minimum absolute atomic E-state index is 0.104. The Hall–Kier alpha value is -5.34. The van der Waals surface area contributed by atoms with Crippen LogP contribution in [0.1, 0.15) is 55.0 Å². The van der Waals surface area contributed by atoms with Gasteiger partial charge in [-0.1, -0.05) is 42.5 Å². The lowest BCUT2D eigenvalue weighted by Gasteiger charge is -2.43. The van der Waals surface area contributed by atoms with Gasteiger partial charge in [-0.2, -0.15) is 0 Å². The Morgan fingerprint density at radius 2 is 1.26 bits per heavy atom. The molecule has 8 heteroatoms. The Kier molecular flexibility index (Phi) is 5.35. The van der Waals surface area contributed by atoms with Crippen LogP contribution in [-0.2, 0) is 20.7 Å². The summed E-state index contributed by atoms with van der Waals surface area (Å²) in [6.45, 7) is 0. The van der Waals surface area contributed by atoms with Crippen molar-refractivity contribution in [3.63, 3.8) is 0 Å². The molecule has 3 atom stereocenters. The van der Waals surface area contributed by atoms with E-state index in [1.165, 1.54) is 0 Å². The number of anilines is 1. The van der Waals surface area contributed by atoms with Crippen molar-refractivity contribution in [1.29, 1.82) is 0 Å². The van der Waals surface area contributed by atoms with Gasteiger partial charge in [-0.25, -0.2) is 9.59 Å². The van der Waals surface area contributed by atoms with Gasteiger partial charge in [0.25, 0.3) is 0 Å². The minimum Gasteiger partial charge on any atom is -0.457 e. The van der Waals surface area contributed by atoms with Gasteiger partial charge in [0.05, 0.1) is 11.1 Å². The van der Waals surface area contributed by atoms with Gasteiger partial charge in [-0.3, -0.25) is 0 Å². The molecule has 9 rings (SSSR count). The van der Waals surface area contributed by atoms with E-state index in [1.54, 1.807) is 12.1 Å². The van der Waals surface area contributed by atoms with Gasteiger partial charge in [0, 0.05) is 71.3 Å². The largest absolute Gasteiger partial charge is 0.457 e. The maximum atomic E-state index is 13.6. The number of rotatable bonds is 2. The molecule has 2 spiro atoms. The first kappa shape index (κ1) is 27.0. The highest BCUT2D eigenvalue weighted by atomic mass is 16.6. The van der Waals surface area contributed by atoms with E-state index >= 15 is 0 Å². The van der Waals surface area contributed by atoms with Crippen molar-refractivity contribution < 1.29 is 28.5 Å². The zero-order valence-electron chi connectivity index (χ0n) is 25.8. The van der Waals surface area contributed by atoms with Crippen LogP contribution in [0.15, 0.2) is 102 Å². The van der Waals surface area contributed by atoms with Crippen molar-refractivity contribution >= 4 is 17.6 Å². The molecule has 0 radical (unpaired) electrons. The fourth-order valence-corrected chi connectivity index (χ4v) is 7.64. The summed E-state index contributed by atoms with van der Waals surface area (Å²) in [4.78, 5) is 31.3. The average molecular weight is 611 g/mol. The fraction of sp³-hybridized carbons (Fsp3) is 0.211. The van der Waals surface area contributed by atoms with Gasteiger partial charge < -0.3 is 28.7 Å². The SMILES string of the molecule is CN(C)c1ccc2c(c1)Oc1cc3c(cc1[C@]21OC(=O)c2ccccc21)[C@@]1(OC(=O)c2ccccc21)C1=CCC(N(C)C)C=C1O3. The van der Waals surface area contributed by atoms with Gasteiger partial charge >= 0.3 is 11.9 Å². The van der Waals surface area contributed by atoms with Gasteiger partial charge in [0.2, 0.25) is 0 Å². The number of esters is 2. The molecule has 1 unspecified atom stereocenters. The summed E-state index contributed by atoms with van der Waals surface area (Å²) < 4.78 is 26.3. The fourth-order valence-electron chi connectivity index (χ4n) is 7.64. The lowest BCUT2D eigenvalue weighted by atomic mass is 9.71. The van der Waals surface area contributed by atoms with E-state index in [1.807, 2.05) is 99.8 Å². The van der Waals surface area contributed by atoms with Gasteiger partial charge in [-0.15, -0.1) is 0 Å². The lowest BCUT2D eigenvalue weighted by Crippen LogP contribution is -2.40. The molecule has 0 saturated carbocycles. The number of ether oxygens (including phenoxy) is 4. The van der Waals surface area contributed by atoms with Crippen molar-refractivity contribution in [3.8, 4) is 17.2 Å². The van der Waals surface area contributed by atoms with E-state index in [2.05, 4.69) is 17.1 Å². The van der Waals surface area contributed by atoms with E-state index in [-0.39, 0.29) is 6.04 Å². The Bertz CT molecular complexity index is 2110. The van der Waals surface area contributed by atoms with Crippen molar-refractivity contribution in [1.82, 2.24) is 4.90 Å². The molecule has 0 amide bonds. The van der Waals surface area contributed by atoms with Crippen LogP contribution in [0.4, 0.5) is 5.69 Å². The highest BCUT2D eigenvalue weighted by Gasteiger charge is 2.59. The summed E-state index contributed by atoms with van der Waals surface area (Å²) in [5.74, 6) is 1.40. The van der Waals surface area contributed by atoms with E-state index < -0.39 is 23.1 Å². The molecule has 1 aliphatic carbocycles. The van der Waals surface area contributed by atoms with Gasteiger partial charge in [0.15, 0.2) is 11.2 Å². The topological polar surface area (TPSA) is 77.5 Å². The second-order valence-electron chi connectivity index (χ2n) is 12.8. The Labute approximate surface area is 266 Å². The maximum Gasteiger partial charge on any atom is 0.340 e. The molecule has 228 valence electrons. The molecule has 0 saturated heterocycles. The van der Waals surface area contributed by atoms with Crippen molar-refractivity contribution in [2.45, 2.75) is 23.7 Å². The third-order valence-corrected chi connectivity index (χ3v) is 9.90. The molecule has 4 aliphatic heterocycles. The molecule has 46 heavy (non-hydrogen) atoms. The van der Waals surface area contributed by atoms with E-state index in [0.29, 0.717) is 50.8 Å². The smallest absolute Gasteiger partial charge is 0.340 e. The summed E-state index contributed by atoms with van der Waals surface area (Å²) in [5, 5.41) is 0. The molecule has 8 nitrogen and oxygen atoms in total. The predicted octanol–water partition coefficient (Wildman–Crippen LogP) is 6.27. The van der Waals surface area contributed by atoms with Gasteiger partial charge in [-0.05, 0) is 56.9 Å². The quantitative estimate of drug-likeness (QED) is 0.246. The number of carbonyl (C=O) groups is 2. The molecule has 5 aliphatic rings. The number of nitrogens with zero attached hydrogens (tertiary/aromatic N) is 2. The molecular formula is C38H30N2O6. The van der Waals surface area contributed by atoms with E-state index in [9.17, 15) is 9.59 Å². The first-order valence-electron chi connectivity index (χ1n) is 15.3. The molecule has 4 aromatic rings. The van der Waals surface area contributed by atoms with Crippen molar-refractivity contribution in [3.05, 3.63) is 141 Å². The highest BCUT2D eigenvalue weighted by molar-refractivity contribution is 5.98. The summed E-state index contributed by atoms with van der Waals surface area (Å²) in [6, 6.07) is 24.8. The van der Waals surface area contributed by atoms with E-state index in [0.717, 1.165) is 28.8 Å². The summed E-state index contributed by atoms with van der Waals surface area (Å²) in [7, 11) is 7.99. The molecule has 0 fully saturated rings. The minimum atomic E-state index is -1.30. The second-order valence-corrected chi connectivity index (χ2v) is 12.8. The molecule has 4 heterocycles. The molecule has 0 bridgehead atoms.